The van der Waals surface area contributed by atoms with Crippen LogP contribution in [0.25, 0.3) is 0 Å². The number of nitrogens with zero attached hydrogens (tertiary/aromatic N) is 1. The van der Waals surface area contributed by atoms with Crippen LogP contribution in [-0.4, -0.2) is 65.5 Å². The van der Waals surface area contributed by atoms with Gasteiger partial charge in [0.1, 0.15) is 18.1 Å². The minimum atomic E-state index is -1.15. The highest BCUT2D eigenvalue weighted by Crippen LogP contribution is 2.10. The molecular formula is C23H45N7O5. The first kappa shape index (κ1) is 32.1. The van der Waals surface area contributed by atoms with Crippen molar-refractivity contribution in [1.82, 2.24) is 16.0 Å². The van der Waals surface area contributed by atoms with Gasteiger partial charge in [-0.15, -0.1) is 0 Å². The van der Waals surface area contributed by atoms with Gasteiger partial charge in [0.15, 0.2) is 5.96 Å². The Morgan fingerprint density at radius 1 is 0.886 bits per heavy atom. The lowest BCUT2D eigenvalue weighted by Gasteiger charge is -2.28. The zero-order chi connectivity index (χ0) is 27.3. The van der Waals surface area contributed by atoms with E-state index in [1.807, 2.05) is 27.7 Å². The van der Waals surface area contributed by atoms with E-state index in [4.69, 9.17) is 17.2 Å². The second kappa shape index (κ2) is 15.9. The van der Waals surface area contributed by atoms with E-state index in [1.54, 1.807) is 13.8 Å². The van der Waals surface area contributed by atoms with E-state index in [2.05, 4.69) is 20.9 Å². The summed E-state index contributed by atoms with van der Waals surface area (Å²) in [5, 5.41) is 17.3. The van der Waals surface area contributed by atoms with E-state index in [9.17, 15) is 24.3 Å². The standard InChI is InChI=1S/C23H45N7O5/c1-7-14(6)17(24)20(32)28-15(9-8-10-27-23(25)26)19(31)30-18(13(4)5)21(33)29-16(22(34)35)11-12(2)3/h12-18H,7-11,24H2,1-6H3,(H,28,32)(H,29,33)(H,30,31)(H,34,35)(H4,25,26,27). The SMILES string of the molecule is CCC(C)C(N)C(=O)NC(CCCN=C(N)N)C(=O)NC(C(=O)NC(CC(C)C)C(=O)O)C(C)C. The lowest BCUT2D eigenvalue weighted by molar-refractivity contribution is -0.143. The Morgan fingerprint density at radius 2 is 1.46 bits per heavy atom. The predicted octanol–water partition coefficient (Wildman–Crippen LogP) is -0.345. The number of carbonyl (C=O) groups is 4. The number of amides is 3. The van der Waals surface area contributed by atoms with Crippen molar-refractivity contribution in [2.75, 3.05) is 6.54 Å². The third-order valence-electron chi connectivity index (χ3n) is 5.71. The Morgan fingerprint density at radius 3 is 1.91 bits per heavy atom. The molecular weight excluding hydrogens is 454 g/mol. The van der Waals surface area contributed by atoms with Gasteiger partial charge in [-0.1, -0.05) is 48.0 Å². The molecule has 12 nitrogen and oxygen atoms in total. The van der Waals surface area contributed by atoms with Gasteiger partial charge >= 0.3 is 5.97 Å². The highest BCUT2D eigenvalue weighted by atomic mass is 16.4. The largest absolute Gasteiger partial charge is 0.480 e. The van der Waals surface area contributed by atoms with Crippen molar-refractivity contribution in [2.45, 2.75) is 91.4 Å². The maximum Gasteiger partial charge on any atom is 0.326 e. The molecule has 5 unspecified atom stereocenters. The fourth-order valence-corrected chi connectivity index (χ4v) is 3.30. The number of carboxylic acid groups (broad SMARTS) is 1. The van der Waals surface area contributed by atoms with Crippen LogP contribution in [0, 0.1) is 17.8 Å². The first-order valence-corrected chi connectivity index (χ1v) is 12.2. The van der Waals surface area contributed by atoms with Crippen molar-refractivity contribution in [3.05, 3.63) is 0 Å². The fourth-order valence-electron chi connectivity index (χ4n) is 3.30. The van der Waals surface area contributed by atoms with E-state index in [-0.39, 0.29) is 43.1 Å². The minimum absolute atomic E-state index is 0.0445. The first-order valence-electron chi connectivity index (χ1n) is 12.2. The van der Waals surface area contributed by atoms with Crippen LogP contribution in [0.3, 0.4) is 0 Å². The molecule has 0 spiro atoms. The van der Waals surface area contributed by atoms with E-state index in [0.29, 0.717) is 12.8 Å². The molecule has 0 heterocycles. The summed E-state index contributed by atoms with van der Waals surface area (Å²) in [6.07, 6.45) is 1.53. The molecule has 0 bridgehead atoms. The molecule has 0 rings (SSSR count). The number of carboxylic acids is 1. The highest BCUT2D eigenvalue weighted by Gasteiger charge is 2.32. The number of rotatable bonds is 16. The molecule has 35 heavy (non-hydrogen) atoms. The van der Waals surface area contributed by atoms with Crippen LogP contribution in [0.15, 0.2) is 4.99 Å². The maximum atomic E-state index is 13.1. The molecule has 0 aromatic heterocycles. The summed E-state index contributed by atoms with van der Waals surface area (Å²) in [6, 6.07) is -3.86. The lowest BCUT2D eigenvalue weighted by Crippen LogP contribution is -2.58. The van der Waals surface area contributed by atoms with Gasteiger partial charge in [-0.25, -0.2) is 4.79 Å². The molecule has 5 atom stereocenters. The van der Waals surface area contributed by atoms with Crippen LogP contribution < -0.4 is 33.2 Å². The van der Waals surface area contributed by atoms with Crippen molar-refractivity contribution < 1.29 is 24.3 Å². The average Bonchev–Trinajstić information content (AvgIpc) is 2.76. The van der Waals surface area contributed by atoms with Crippen LogP contribution >= 0.6 is 0 Å². The third kappa shape index (κ3) is 12.4. The summed E-state index contributed by atoms with van der Waals surface area (Å²) in [7, 11) is 0. The lowest BCUT2D eigenvalue weighted by atomic mass is 9.98. The van der Waals surface area contributed by atoms with Gasteiger partial charge in [0.25, 0.3) is 0 Å². The minimum Gasteiger partial charge on any atom is -0.480 e. The zero-order valence-corrected chi connectivity index (χ0v) is 21.8. The van der Waals surface area contributed by atoms with Gasteiger partial charge in [-0.3, -0.25) is 19.4 Å². The van der Waals surface area contributed by atoms with Crippen LogP contribution in [0.5, 0.6) is 0 Å². The van der Waals surface area contributed by atoms with Crippen LogP contribution in [0.1, 0.15) is 67.2 Å². The Hall–Kier alpha value is -2.89. The average molecular weight is 500 g/mol. The topological polar surface area (TPSA) is 215 Å². The molecule has 0 fully saturated rings. The molecule has 0 radical (unpaired) electrons. The number of guanidine groups is 1. The smallest absolute Gasteiger partial charge is 0.326 e. The molecule has 202 valence electrons. The van der Waals surface area contributed by atoms with Crippen LogP contribution in [-0.2, 0) is 19.2 Å². The normalized spacial score (nSPS) is 15.5. The summed E-state index contributed by atoms with van der Waals surface area (Å²) in [5.41, 5.74) is 16.7. The molecule has 0 aromatic rings. The van der Waals surface area contributed by atoms with E-state index in [1.165, 1.54) is 0 Å². The number of carbonyl (C=O) groups excluding carboxylic acids is 3. The van der Waals surface area contributed by atoms with Crippen LogP contribution in [0.4, 0.5) is 0 Å². The van der Waals surface area contributed by atoms with Crippen molar-refractivity contribution >= 4 is 29.7 Å². The molecule has 0 saturated heterocycles. The first-order chi connectivity index (χ1) is 16.2. The third-order valence-corrected chi connectivity index (χ3v) is 5.71. The fraction of sp³-hybridized carbons (Fsp3) is 0.783. The molecule has 0 saturated carbocycles. The van der Waals surface area contributed by atoms with Crippen molar-refractivity contribution in [3.8, 4) is 0 Å². The second-order valence-electron chi connectivity index (χ2n) is 9.68. The second-order valence-corrected chi connectivity index (χ2v) is 9.68. The van der Waals surface area contributed by atoms with E-state index < -0.39 is 47.9 Å². The number of aliphatic imine (C=N–C) groups is 1. The van der Waals surface area contributed by atoms with Gasteiger partial charge in [-0.2, -0.15) is 0 Å². The maximum absolute atomic E-state index is 13.1. The van der Waals surface area contributed by atoms with Gasteiger partial charge in [0.05, 0.1) is 6.04 Å². The number of nitrogens with two attached hydrogens (primary N) is 3. The molecule has 0 aromatic carbocycles. The van der Waals surface area contributed by atoms with E-state index in [0.717, 1.165) is 0 Å². The Balaban J connectivity index is 5.57. The molecule has 0 aliphatic carbocycles. The molecule has 12 heteroatoms. The van der Waals surface area contributed by atoms with Crippen molar-refractivity contribution in [1.29, 1.82) is 0 Å². The molecule has 3 amide bonds. The van der Waals surface area contributed by atoms with Gasteiger partial charge in [0, 0.05) is 6.54 Å². The summed E-state index contributed by atoms with van der Waals surface area (Å²) >= 11 is 0. The number of aliphatic carboxylic acids is 1. The highest BCUT2D eigenvalue weighted by molar-refractivity contribution is 5.94. The van der Waals surface area contributed by atoms with Gasteiger partial charge < -0.3 is 38.3 Å². The summed E-state index contributed by atoms with van der Waals surface area (Å²) in [6.45, 7) is 11.2. The number of nitrogens with one attached hydrogen (secondary N) is 3. The predicted molar refractivity (Wildman–Crippen MR) is 135 cm³/mol. The Labute approximate surface area is 208 Å². The molecule has 0 aliphatic heterocycles. The van der Waals surface area contributed by atoms with E-state index >= 15 is 0 Å². The quantitative estimate of drug-likeness (QED) is 0.0844. The van der Waals surface area contributed by atoms with Crippen molar-refractivity contribution in [2.24, 2.45) is 39.9 Å². The summed E-state index contributed by atoms with van der Waals surface area (Å²) < 4.78 is 0. The summed E-state index contributed by atoms with van der Waals surface area (Å²) in [5.74, 6) is -3.29. The van der Waals surface area contributed by atoms with Gasteiger partial charge in [0.2, 0.25) is 17.7 Å². The Kier molecular flexibility index (Phi) is 14.6. The van der Waals surface area contributed by atoms with Crippen molar-refractivity contribution in [3.63, 3.8) is 0 Å². The molecule has 10 N–H and O–H groups in total. The summed E-state index contributed by atoms with van der Waals surface area (Å²) in [4.78, 5) is 54.1. The number of hydrogen-bond donors (Lipinski definition) is 7. The molecule has 0 aliphatic rings. The monoisotopic (exact) mass is 499 g/mol. The Bertz CT molecular complexity index is 738. The van der Waals surface area contributed by atoms with Crippen LogP contribution in [0.2, 0.25) is 0 Å². The zero-order valence-electron chi connectivity index (χ0n) is 21.8. The number of hydrogen-bond acceptors (Lipinski definition) is 6. The van der Waals surface area contributed by atoms with Gasteiger partial charge in [-0.05, 0) is 37.0 Å².